The highest BCUT2D eigenvalue weighted by Gasteiger charge is 2.23. The van der Waals surface area contributed by atoms with Crippen LogP contribution in [0.4, 0.5) is 5.82 Å². The Morgan fingerprint density at radius 3 is 2.81 bits per heavy atom. The van der Waals surface area contributed by atoms with Crippen LogP contribution in [0.2, 0.25) is 0 Å². The maximum atomic E-state index is 10.2. The molecule has 0 aromatic carbocycles. The molecule has 1 aliphatic rings. The van der Waals surface area contributed by atoms with Gasteiger partial charge in [0, 0.05) is 18.8 Å². The Kier molecular flexibility index (Phi) is 4.13. The van der Waals surface area contributed by atoms with Crippen LogP contribution in [0.1, 0.15) is 26.5 Å². The molecular formula is C19H24N6O. The summed E-state index contributed by atoms with van der Waals surface area (Å²) in [6, 6.07) is 6.33. The third-order valence-electron chi connectivity index (χ3n) is 4.89. The third-order valence-corrected chi connectivity index (χ3v) is 4.89. The molecule has 3 N–H and O–H groups in total. The Morgan fingerprint density at radius 1 is 1.23 bits per heavy atom. The minimum absolute atomic E-state index is 0.380. The van der Waals surface area contributed by atoms with Gasteiger partial charge in [0.15, 0.2) is 5.65 Å². The van der Waals surface area contributed by atoms with Gasteiger partial charge in [0.25, 0.3) is 0 Å². The van der Waals surface area contributed by atoms with E-state index in [1.165, 1.54) is 0 Å². The zero-order chi connectivity index (χ0) is 18.3. The number of hydrogen-bond donors (Lipinski definition) is 3. The lowest BCUT2D eigenvalue weighted by atomic mass is 10.1. The van der Waals surface area contributed by atoms with E-state index in [4.69, 9.17) is 4.98 Å². The van der Waals surface area contributed by atoms with Crippen molar-refractivity contribution in [2.45, 2.75) is 32.4 Å². The van der Waals surface area contributed by atoms with Gasteiger partial charge in [0.2, 0.25) is 0 Å². The Morgan fingerprint density at radius 2 is 2.08 bits per heavy atom. The van der Waals surface area contributed by atoms with Crippen molar-refractivity contribution in [2.24, 2.45) is 5.92 Å². The van der Waals surface area contributed by atoms with E-state index in [2.05, 4.69) is 27.5 Å². The topological polar surface area (TPSA) is 87.4 Å². The molecule has 3 aromatic heterocycles. The molecule has 1 aliphatic heterocycles. The average Bonchev–Trinajstić information content (AvgIpc) is 3.20. The van der Waals surface area contributed by atoms with E-state index in [9.17, 15) is 5.11 Å². The molecule has 26 heavy (non-hydrogen) atoms. The van der Waals surface area contributed by atoms with Crippen molar-refractivity contribution in [3.05, 3.63) is 42.5 Å². The van der Waals surface area contributed by atoms with E-state index in [0.29, 0.717) is 17.7 Å². The molecule has 2 unspecified atom stereocenters. The van der Waals surface area contributed by atoms with Crippen LogP contribution >= 0.6 is 0 Å². The minimum atomic E-state index is -1.02. The maximum Gasteiger partial charge on any atom is 0.155 e. The van der Waals surface area contributed by atoms with Crippen LogP contribution in [0.5, 0.6) is 0 Å². The summed E-state index contributed by atoms with van der Waals surface area (Å²) < 4.78 is 1.92. The van der Waals surface area contributed by atoms with E-state index in [1.54, 1.807) is 26.2 Å². The average molecular weight is 352 g/mol. The predicted octanol–water partition coefficient (Wildman–Crippen LogP) is 2.04. The second-order valence-electron chi connectivity index (χ2n) is 7.50. The molecule has 136 valence electrons. The predicted molar refractivity (Wildman–Crippen MR) is 101 cm³/mol. The number of hydrogen-bond acceptors (Lipinski definition) is 6. The summed E-state index contributed by atoms with van der Waals surface area (Å²) in [6.07, 6.45) is 5.28. The van der Waals surface area contributed by atoms with Gasteiger partial charge in [-0.1, -0.05) is 13.0 Å². The van der Waals surface area contributed by atoms with Crippen molar-refractivity contribution in [3.8, 4) is 11.4 Å². The number of aliphatic hydroxyl groups is 1. The SMILES string of the molecule is CC1CNCC1Nc1cccc(-c2cnc3cnc(C(C)(C)O)cn23)n1. The molecule has 4 heterocycles. The number of aromatic nitrogens is 4. The van der Waals surface area contributed by atoms with Gasteiger partial charge in [-0.15, -0.1) is 0 Å². The van der Waals surface area contributed by atoms with Crippen LogP contribution in [0, 0.1) is 5.92 Å². The number of imidazole rings is 1. The molecule has 4 rings (SSSR count). The molecule has 0 saturated carbocycles. The van der Waals surface area contributed by atoms with Gasteiger partial charge in [-0.25, -0.2) is 9.97 Å². The Labute approximate surface area is 152 Å². The smallest absolute Gasteiger partial charge is 0.155 e. The zero-order valence-corrected chi connectivity index (χ0v) is 15.3. The van der Waals surface area contributed by atoms with Crippen LogP contribution in [0.15, 0.2) is 36.8 Å². The van der Waals surface area contributed by atoms with Crippen LogP contribution in [-0.4, -0.2) is 43.6 Å². The zero-order valence-electron chi connectivity index (χ0n) is 15.3. The molecule has 7 nitrogen and oxygen atoms in total. The standard InChI is InChI=1S/C19H24N6O/c1-12-7-20-8-14(12)24-17-6-4-5-13(23-17)15-9-22-18-10-21-16(11-25(15)18)19(2,3)26/h4-6,9-12,14,20,26H,7-8H2,1-3H3,(H,23,24). The van der Waals surface area contributed by atoms with Gasteiger partial charge in [0.05, 0.1) is 29.5 Å². The lowest BCUT2D eigenvalue weighted by Gasteiger charge is -2.18. The first-order valence-electron chi connectivity index (χ1n) is 8.92. The number of pyridine rings is 1. The first-order chi connectivity index (χ1) is 12.4. The van der Waals surface area contributed by atoms with Gasteiger partial charge in [-0.05, 0) is 38.4 Å². The van der Waals surface area contributed by atoms with E-state index in [0.717, 1.165) is 35.9 Å². The highest BCUT2D eigenvalue weighted by Crippen LogP contribution is 2.24. The Bertz CT molecular complexity index is 929. The summed E-state index contributed by atoms with van der Waals surface area (Å²) in [7, 11) is 0. The summed E-state index contributed by atoms with van der Waals surface area (Å²) in [4.78, 5) is 13.5. The number of fused-ring (bicyclic) bond motifs is 1. The van der Waals surface area contributed by atoms with Crippen LogP contribution in [-0.2, 0) is 5.60 Å². The highest BCUT2D eigenvalue weighted by atomic mass is 16.3. The fourth-order valence-corrected chi connectivity index (χ4v) is 3.25. The van der Waals surface area contributed by atoms with Crippen molar-refractivity contribution in [3.63, 3.8) is 0 Å². The number of nitrogens with zero attached hydrogens (tertiary/aromatic N) is 4. The second kappa shape index (κ2) is 6.34. The first kappa shape index (κ1) is 16.9. The molecule has 0 spiro atoms. The van der Waals surface area contributed by atoms with Crippen molar-refractivity contribution in [2.75, 3.05) is 18.4 Å². The lowest BCUT2D eigenvalue weighted by Crippen LogP contribution is -2.27. The molecule has 0 bridgehead atoms. The summed E-state index contributed by atoms with van der Waals surface area (Å²) in [5.74, 6) is 1.42. The van der Waals surface area contributed by atoms with Crippen molar-refractivity contribution < 1.29 is 5.11 Å². The number of rotatable bonds is 4. The normalized spacial score (nSPS) is 20.6. The molecule has 0 amide bonds. The van der Waals surface area contributed by atoms with Gasteiger partial charge in [-0.2, -0.15) is 0 Å². The highest BCUT2D eigenvalue weighted by molar-refractivity contribution is 5.61. The van der Waals surface area contributed by atoms with Crippen molar-refractivity contribution in [1.82, 2.24) is 24.7 Å². The fourth-order valence-electron chi connectivity index (χ4n) is 3.25. The molecule has 1 fully saturated rings. The second-order valence-corrected chi connectivity index (χ2v) is 7.50. The number of nitrogens with one attached hydrogen (secondary N) is 2. The van der Waals surface area contributed by atoms with Gasteiger partial charge >= 0.3 is 0 Å². The number of anilines is 1. The van der Waals surface area contributed by atoms with Crippen LogP contribution < -0.4 is 10.6 Å². The largest absolute Gasteiger partial charge is 0.384 e. The fraction of sp³-hybridized carbons (Fsp3) is 0.421. The summed E-state index contributed by atoms with van der Waals surface area (Å²) >= 11 is 0. The van der Waals surface area contributed by atoms with E-state index in [1.807, 2.05) is 28.8 Å². The Balaban J connectivity index is 1.70. The molecule has 2 atom stereocenters. The van der Waals surface area contributed by atoms with E-state index >= 15 is 0 Å². The third kappa shape index (κ3) is 3.15. The van der Waals surface area contributed by atoms with Crippen molar-refractivity contribution >= 4 is 11.5 Å². The van der Waals surface area contributed by atoms with E-state index < -0.39 is 5.60 Å². The van der Waals surface area contributed by atoms with Gasteiger partial charge in [0.1, 0.15) is 11.4 Å². The molecule has 0 aliphatic carbocycles. The maximum absolute atomic E-state index is 10.2. The van der Waals surface area contributed by atoms with Crippen LogP contribution in [0.25, 0.3) is 17.0 Å². The molecule has 3 aromatic rings. The minimum Gasteiger partial charge on any atom is -0.384 e. The lowest BCUT2D eigenvalue weighted by molar-refractivity contribution is 0.0734. The Hall–Kier alpha value is -2.51. The summed E-state index contributed by atoms with van der Waals surface area (Å²) in [5, 5.41) is 17.2. The summed E-state index contributed by atoms with van der Waals surface area (Å²) in [5.41, 5.74) is 1.99. The van der Waals surface area contributed by atoms with Crippen LogP contribution in [0.3, 0.4) is 0 Å². The first-order valence-corrected chi connectivity index (χ1v) is 8.92. The van der Waals surface area contributed by atoms with Crippen molar-refractivity contribution in [1.29, 1.82) is 0 Å². The quantitative estimate of drug-likeness (QED) is 0.666. The molecule has 0 radical (unpaired) electrons. The van der Waals surface area contributed by atoms with Gasteiger partial charge in [-0.3, -0.25) is 9.38 Å². The monoisotopic (exact) mass is 352 g/mol. The molecular weight excluding hydrogens is 328 g/mol. The summed E-state index contributed by atoms with van der Waals surface area (Å²) in [6.45, 7) is 7.65. The van der Waals surface area contributed by atoms with E-state index in [-0.39, 0.29) is 0 Å². The molecule has 7 heteroatoms. The molecule has 1 saturated heterocycles. The van der Waals surface area contributed by atoms with Gasteiger partial charge < -0.3 is 15.7 Å².